The summed E-state index contributed by atoms with van der Waals surface area (Å²) in [5, 5.41) is 9.40. The Hall–Kier alpha value is -0.890. The summed E-state index contributed by atoms with van der Waals surface area (Å²) in [7, 11) is 2.12. The molecule has 90 valence electrons. The molecule has 0 aromatic heterocycles. The number of likely N-dealkylation sites (N-methyl/N-ethyl adjacent to an activating group) is 1. The van der Waals surface area contributed by atoms with Crippen molar-refractivity contribution >= 4 is 15.9 Å². The van der Waals surface area contributed by atoms with Gasteiger partial charge >= 0.3 is 0 Å². The molecule has 0 N–H and O–H groups in total. The predicted molar refractivity (Wildman–Crippen MR) is 71.6 cm³/mol. The van der Waals surface area contributed by atoms with Crippen LogP contribution in [0, 0.1) is 11.3 Å². The summed E-state index contributed by atoms with van der Waals surface area (Å²) in [6.07, 6.45) is 0. The van der Waals surface area contributed by atoms with Crippen LogP contribution >= 0.6 is 15.9 Å². The van der Waals surface area contributed by atoms with Crippen molar-refractivity contribution in [3.05, 3.63) is 34.3 Å². The lowest BCUT2D eigenvalue weighted by Gasteiger charge is -2.35. The first kappa shape index (κ1) is 12.6. The average molecular weight is 294 g/mol. The molecule has 1 heterocycles. The molecule has 2 rings (SSSR count). The van der Waals surface area contributed by atoms with Gasteiger partial charge in [-0.15, -0.1) is 0 Å². The van der Waals surface area contributed by atoms with Gasteiger partial charge in [0.05, 0.1) is 6.07 Å². The van der Waals surface area contributed by atoms with Crippen LogP contribution < -0.4 is 0 Å². The number of hydrogen-bond acceptors (Lipinski definition) is 3. The maximum atomic E-state index is 9.40. The number of piperazine rings is 1. The van der Waals surface area contributed by atoms with Crippen molar-refractivity contribution in [2.24, 2.45) is 0 Å². The molecule has 17 heavy (non-hydrogen) atoms. The second-order valence-electron chi connectivity index (χ2n) is 4.39. The largest absolute Gasteiger partial charge is 0.304 e. The fourth-order valence-corrected chi connectivity index (χ4v) is 2.63. The number of rotatable bonds is 2. The molecule has 0 spiro atoms. The lowest BCUT2D eigenvalue weighted by molar-refractivity contribution is 0.132. The highest BCUT2D eigenvalue weighted by atomic mass is 79.9. The third-order valence-electron chi connectivity index (χ3n) is 3.23. The molecule has 1 aromatic carbocycles. The zero-order valence-electron chi connectivity index (χ0n) is 9.93. The highest BCUT2D eigenvalue weighted by Gasteiger charge is 2.24. The Kier molecular flexibility index (Phi) is 4.16. The molecule has 1 saturated heterocycles. The fourth-order valence-electron chi connectivity index (χ4n) is 2.12. The molecular formula is C13H16BrN3. The van der Waals surface area contributed by atoms with Crippen molar-refractivity contribution in [3.63, 3.8) is 0 Å². The van der Waals surface area contributed by atoms with E-state index in [2.05, 4.69) is 38.8 Å². The monoisotopic (exact) mass is 293 g/mol. The maximum absolute atomic E-state index is 9.40. The molecule has 1 aromatic rings. The molecule has 1 aliphatic heterocycles. The molecule has 1 atom stereocenters. The first-order valence-electron chi connectivity index (χ1n) is 5.79. The molecule has 1 unspecified atom stereocenters. The summed E-state index contributed by atoms with van der Waals surface area (Å²) in [5.41, 5.74) is 1.07. The third-order valence-corrected chi connectivity index (χ3v) is 3.95. The lowest BCUT2D eigenvalue weighted by Crippen LogP contribution is -2.45. The Labute approximate surface area is 111 Å². The van der Waals surface area contributed by atoms with Crippen LogP contribution in [0.1, 0.15) is 11.6 Å². The highest BCUT2D eigenvalue weighted by Crippen LogP contribution is 2.27. The van der Waals surface area contributed by atoms with Crippen molar-refractivity contribution in [2.45, 2.75) is 6.04 Å². The smallest absolute Gasteiger partial charge is 0.125 e. The molecule has 0 amide bonds. The minimum atomic E-state index is -0.140. The fraction of sp³-hybridized carbons (Fsp3) is 0.462. The van der Waals surface area contributed by atoms with E-state index < -0.39 is 0 Å². The topological polar surface area (TPSA) is 30.3 Å². The maximum Gasteiger partial charge on any atom is 0.125 e. The summed E-state index contributed by atoms with van der Waals surface area (Å²) in [4.78, 5) is 4.55. The SMILES string of the molecule is CN1CCN(C(C#N)c2ccccc2Br)CC1. The van der Waals surface area contributed by atoms with Crippen molar-refractivity contribution in [1.29, 1.82) is 5.26 Å². The van der Waals surface area contributed by atoms with E-state index in [1.807, 2.05) is 24.3 Å². The van der Waals surface area contributed by atoms with Crippen LogP contribution in [0.5, 0.6) is 0 Å². The van der Waals surface area contributed by atoms with E-state index in [0.717, 1.165) is 36.2 Å². The van der Waals surface area contributed by atoms with Crippen LogP contribution in [0.4, 0.5) is 0 Å². The molecule has 0 radical (unpaired) electrons. The average Bonchev–Trinajstić information content (AvgIpc) is 2.35. The van der Waals surface area contributed by atoms with Crippen molar-refractivity contribution in [1.82, 2.24) is 9.80 Å². The van der Waals surface area contributed by atoms with Crippen LogP contribution in [-0.4, -0.2) is 43.0 Å². The predicted octanol–water partition coefficient (Wildman–Crippen LogP) is 2.26. The van der Waals surface area contributed by atoms with Gasteiger partial charge in [0.25, 0.3) is 0 Å². The summed E-state index contributed by atoms with van der Waals surface area (Å²) >= 11 is 3.53. The summed E-state index contributed by atoms with van der Waals surface area (Å²) in [6, 6.07) is 10.3. The van der Waals surface area contributed by atoms with Crippen LogP contribution in [0.2, 0.25) is 0 Å². The van der Waals surface area contributed by atoms with Gasteiger partial charge in [-0.2, -0.15) is 5.26 Å². The molecule has 4 heteroatoms. The summed E-state index contributed by atoms with van der Waals surface area (Å²) in [5.74, 6) is 0. The zero-order chi connectivity index (χ0) is 12.3. The number of benzene rings is 1. The van der Waals surface area contributed by atoms with E-state index in [4.69, 9.17) is 0 Å². The number of nitriles is 1. The number of hydrogen-bond donors (Lipinski definition) is 0. The summed E-state index contributed by atoms with van der Waals surface area (Å²) in [6.45, 7) is 3.97. The van der Waals surface area contributed by atoms with Crippen LogP contribution in [0.15, 0.2) is 28.7 Å². The number of halogens is 1. The molecule has 1 aliphatic rings. The van der Waals surface area contributed by atoms with Gasteiger partial charge in [0.1, 0.15) is 6.04 Å². The lowest BCUT2D eigenvalue weighted by atomic mass is 10.1. The Morgan fingerprint density at radius 2 is 1.88 bits per heavy atom. The van der Waals surface area contributed by atoms with Crippen molar-refractivity contribution < 1.29 is 0 Å². The molecule has 3 nitrogen and oxygen atoms in total. The van der Waals surface area contributed by atoms with Gasteiger partial charge in [0.15, 0.2) is 0 Å². The van der Waals surface area contributed by atoms with Gasteiger partial charge in [0.2, 0.25) is 0 Å². The van der Waals surface area contributed by atoms with E-state index >= 15 is 0 Å². The van der Waals surface area contributed by atoms with Gasteiger partial charge < -0.3 is 4.90 Å². The third kappa shape index (κ3) is 2.86. The van der Waals surface area contributed by atoms with E-state index in [1.54, 1.807) is 0 Å². The van der Waals surface area contributed by atoms with Gasteiger partial charge in [0, 0.05) is 30.7 Å². The van der Waals surface area contributed by atoms with Crippen LogP contribution in [0.25, 0.3) is 0 Å². The van der Waals surface area contributed by atoms with E-state index in [1.165, 1.54) is 0 Å². The molecule has 0 bridgehead atoms. The number of nitrogens with zero attached hydrogens (tertiary/aromatic N) is 3. The minimum Gasteiger partial charge on any atom is -0.304 e. The van der Waals surface area contributed by atoms with E-state index in [0.29, 0.717) is 0 Å². The first-order chi connectivity index (χ1) is 8.22. The van der Waals surface area contributed by atoms with Crippen LogP contribution in [0.3, 0.4) is 0 Å². The molecule has 0 saturated carbocycles. The Bertz CT molecular complexity index is 419. The Balaban J connectivity index is 2.18. The molecule has 1 fully saturated rings. The zero-order valence-corrected chi connectivity index (χ0v) is 11.5. The first-order valence-corrected chi connectivity index (χ1v) is 6.58. The Morgan fingerprint density at radius 1 is 1.24 bits per heavy atom. The standard InChI is InChI=1S/C13H16BrN3/c1-16-6-8-17(9-7-16)13(10-15)11-4-2-3-5-12(11)14/h2-5,13H,6-9H2,1H3. The molecular weight excluding hydrogens is 278 g/mol. The minimum absolute atomic E-state index is 0.140. The molecule has 0 aliphatic carbocycles. The quantitative estimate of drug-likeness (QED) is 0.838. The second kappa shape index (κ2) is 5.63. The van der Waals surface area contributed by atoms with Gasteiger partial charge in [-0.05, 0) is 18.7 Å². The van der Waals surface area contributed by atoms with E-state index in [-0.39, 0.29) is 6.04 Å². The second-order valence-corrected chi connectivity index (χ2v) is 5.25. The Morgan fingerprint density at radius 3 is 2.47 bits per heavy atom. The van der Waals surface area contributed by atoms with Crippen molar-refractivity contribution in [3.8, 4) is 6.07 Å². The van der Waals surface area contributed by atoms with Crippen molar-refractivity contribution in [2.75, 3.05) is 33.2 Å². The summed E-state index contributed by atoms with van der Waals surface area (Å²) < 4.78 is 1.02. The normalized spacial score (nSPS) is 19.8. The van der Waals surface area contributed by atoms with Crippen LogP contribution in [-0.2, 0) is 0 Å². The van der Waals surface area contributed by atoms with Gasteiger partial charge in [-0.3, -0.25) is 4.90 Å². The highest BCUT2D eigenvalue weighted by molar-refractivity contribution is 9.10. The van der Waals surface area contributed by atoms with E-state index in [9.17, 15) is 5.26 Å². The van der Waals surface area contributed by atoms with Gasteiger partial charge in [-0.25, -0.2) is 0 Å². The van der Waals surface area contributed by atoms with Gasteiger partial charge in [-0.1, -0.05) is 34.1 Å².